The average molecular weight is 344 g/mol. The first-order valence-electron chi connectivity index (χ1n) is 8.57. The number of nitrogens with one attached hydrogen (secondary N) is 2. The number of nitrogens with zero attached hydrogens (tertiary/aromatic N) is 2. The molecule has 2 N–H and O–H groups in total. The minimum absolute atomic E-state index is 0.109. The van der Waals surface area contributed by atoms with Crippen LogP contribution in [0.15, 0.2) is 30.3 Å². The number of benzene rings is 1. The van der Waals surface area contributed by atoms with Crippen LogP contribution < -0.4 is 10.6 Å². The van der Waals surface area contributed by atoms with Crippen LogP contribution >= 0.6 is 11.3 Å². The van der Waals surface area contributed by atoms with Crippen LogP contribution in [0.3, 0.4) is 0 Å². The van der Waals surface area contributed by atoms with Gasteiger partial charge in [-0.1, -0.05) is 48.6 Å². The quantitative estimate of drug-likeness (QED) is 0.846. The minimum Gasteiger partial charge on any atom is -0.350 e. The maximum absolute atomic E-state index is 12.2. The van der Waals surface area contributed by atoms with Gasteiger partial charge in [0.05, 0.1) is 6.54 Å². The van der Waals surface area contributed by atoms with Gasteiger partial charge in [-0.25, -0.2) is 0 Å². The number of piperidine rings is 1. The molecule has 128 valence electrons. The van der Waals surface area contributed by atoms with E-state index in [1.54, 1.807) is 0 Å². The van der Waals surface area contributed by atoms with Crippen LogP contribution in [0.25, 0.3) is 10.6 Å². The van der Waals surface area contributed by atoms with Crippen molar-refractivity contribution < 1.29 is 4.79 Å². The van der Waals surface area contributed by atoms with Crippen LogP contribution in [0.5, 0.6) is 0 Å². The molecule has 1 aromatic carbocycles. The van der Waals surface area contributed by atoms with E-state index in [0.29, 0.717) is 24.8 Å². The van der Waals surface area contributed by atoms with Gasteiger partial charge in [0.15, 0.2) is 0 Å². The first kappa shape index (κ1) is 17.0. The standard InChI is InChI=1S/C18H24N4OS/c1-13(14-7-9-19-10-8-14)11-16(23)20-12-17-21-22-18(24-17)15-5-3-2-4-6-15/h2-6,13-14,19H,7-12H2,1H3,(H,20,23). The van der Waals surface area contributed by atoms with Gasteiger partial charge in [0.1, 0.15) is 10.0 Å². The van der Waals surface area contributed by atoms with Crippen molar-refractivity contribution in [2.45, 2.75) is 32.7 Å². The molecule has 1 unspecified atom stereocenters. The molecule has 0 radical (unpaired) electrons. The van der Waals surface area contributed by atoms with E-state index in [4.69, 9.17) is 0 Å². The summed E-state index contributed by atoms with van der Waals surface area (Å²) < 4.78 is 0. The van der Waals surface area contributed by atoms with Crippen LogP contribution in [-0.2, 0) is 11.3 Å². The van der Waals surface area contributed by atoms with Crippen molar-refractivity contribution in [3.63, 3.8) is 0 Å². The third-order valence-corrected chi connectivity index (χ3v) is 5.59. The normalized spacial score (nSPS) is 16.7. The zero-order chi connectivity index (χ0) is 16.8. The van der Waals surface area contributed by atoms with E-state index in [9.17, 15) is 4.79 Å². The van der Waals surface area contributed by atoms with Crippen LogP contribution in [0.4, 0.5) is 0 Å². The summed E-state index contributed by atoms with van der Waals surface area (Å²) in [6.07, 6.45) is 2.94. The van der Waals surface area contributed by atoms with Crippen LogP contribution in [0.1, 0.15) is 31.2 Å². The van der Waals surface area contributed by atoms with Gasteiger partial charge >= 0.3 is 0 Å². The lowest BCUT2D eigenvalue weighted by Crippen LogP contribution is -2.33. The monoisotopic (exact) mass is 344 g/mol. The van der Waals surface area contributed by atoms with Gasteiger partial charge in [-0.05, 0) is 37.8 Å². The Bertz CT molecular complexity index is 652. The minimum atomic E-state index is 0.109. The molecule has 24 heavy (non-hydrogen) atoms. The molecule has 0 spiro atoms. The summed E-state index contributed by atoms with van der Waals surface area (Å²) in [5, 5.41) is 16.5. The zero-order valence-electron chi connectivity index (χ0n) is 14.0. The highest BCUT2D eigenvalue weighted by Crippen LogP contribution is 2.25. The molecule has 1 aromatic heterocycles. The Balaban J connectivity index is 1.47. The van der Waals surface area contributed by atoms with Crippen molar-refractivity contribution in [2.24, 2.45) is 11.8 Å². The van der Waals surface area contributed by atoms with Crippen molar-refractivity contribution >= 4 is 17.2 Å². The maximum Gasteiger partial charge on any atom is 0.220 e. The molecule has 6 heteroatoms. The smallest absolute Gasteiger partial charge is 0.220 e. The molecule has 1 amide bonds. The Kier molecular flexibility index (Phi) is 5.93. The first-order chi connectivity index (χ1) is 11.7. The number of aromatic nitrogens is 2. The summed E-state index contributed by atoms with van der Waals surface area (Å²) in [5.41, 5.74) is 1.06. The van der Waals surface area contributed by atoms with Gasteiger partial charge in [-0.3, -0.25) is 4.79 Å². The Morgan fingerprint density at radius 2 is 2.04 bits per heavy atom. The van der Waals surface area contributed by atoms with Crippen molar-refractivity contribution in [2.75, 3.05) is 13.1 Å². The molecule has 2 aromatic rings. The number of carbonyl (C=O) groups excluding carboxylic acids is 1. The molecule has 0 aliphatic carbocycles. The number of amides is 1. The maximum atomic E-state index is 12.2. The highest BCUT2D eigenvalue weighted by atomic mass is 32.1. The summed E-state index contributed by atoms with van der Waals surface area (Å²) in [7, 11) is 0. The third-order valence-electron chi connectivity index (χ3n) is 4.62. The Labute approximate surface area is 146 Å². The SMILES string of the molecule is CC(CC(=O)NCc1nnc(-c2ccccc2)s1)C1CCNCC1. The number of carbonyl (C=O) groups is 1. The summed E-state index contributed by atoms with van der Waals surface area (Å²) in [6, 6.07) is 9.99. The fraction of sp³-hybridized carbons (Fsp3) is 0.500. The van der Waals surface area contributed by atoms with Crippen LogP contribution in [-0.4, -0.2) is 29.2 Å². The van der Waals surface area contributed by atoms with E-state index in [1.165, 1.54) is 24.2 Å². The molecule has 1 fully saturated rings. The second kappa shape index (κ2) is 8.35. The van der Waals surface area contributed by atoms with Crippen molar-refractivity contribution in [3.05, 3.63) is 35.3 Å². The fourth-order valence-electron chi connectivity index (χ4n) is 3.14. The van der Waals surface area contributed by atoms with Gasteiger partial charge in [0.25, 0.3) is 0 Å². The van der Waals surface area contributed by atoms with Gasteiger partial charge in [0.2, 0.25) is 5.91 Å². The molecule has 2 heterocycles. The number of hydrogen-bond acceptors (Lipinski definition) is 5. The molecule has 1 aliphatic heterocycles. The molecule has 5 nitrogen and oxygen atoms in total. The highest BCUT2D eigenvalue weighted by Gasteiger charge is 2.22. The lowest BCUT2D eigenvalue weighted by molar-refractivity contribution is -0.122. The first-order valence-corrected chi connectivity index (χ1v) is 9.39. The zero-order valence-corrected chi connectivity index (χ0v) is 14.8. The fourth-order valence-corrected chi connectivity index (χ4v) is 3.93. The largest absolute Gasteiger partial charge is 0.350 e. The Morgan fingerprint density at radius 3 is 2.79 bits per heavy atom. The number of hydrogen-bond donors (Lipinski definition) is 2. The summed E-state index contributed by atoms with van der Waals surface area (Å²) in [4.78, 5) is 12.2. The van der Waals surface area contributed by atoms with Crippen molar-refractivity contribution in [1.29, 1.82) is 0 Å². The molecular formula is C18H24N4OS. The van der Waals surface area contributed by atoms with E-state index in [-0.39, 0.29) is 5.91 Å². The molecular weight excluding hydrogens is 320 g/mol. The van der Waals surface area contributed by atoms with E-state index < -0.39 is 0 Å². The summed E-state index contributed by atoms with van der Waals surface area (Å²) >= 11 is 1.53. The molecule has 1 saturated heterocycles. The van der Waals surface area contributed by atoms with Crippen LogP contribution in [0.2, 0.25) is 0 Å². The topological polar surface area (TPSA) is 66.9 Å². The predicted octanol–water partition coefficient (Wildman–Crippen LogP) is 2.85. The third kappa shape index (κ3) is 4.61. The van der Waals surface area contributed by atoms with Gasteiger partial charge in [0, 0.05) is 12.0 Å². The molecule has 1 aliphatic rings. The van der Waals surface area contributed by atoms with Crippen LogP contribution in [0, 0.1) is 11.8 Å². The molecule has 0 bridgehead atoms. The Morgan fingerprint density at radius 1 is 1.29 bits per heavy atom. The second-order valence-corrected chi connectivity index (χ2v) is 7.47. The lowest BCUT2D eigenvalue weighted by Gasteiger charge is -2.27. The van der Waals surface area contributed by atoms with Gasteiger partial charge in [-0.15, -0.1) is 10.2 Å². The van der Waals surface area contributed by atoms with Gasteiger partial charge < -0.3 is 10.6 Å². The highest BCUT2D eigenvalue weighted by molar-refractivity contribution is 7.14. The molecule has 3 rings (SSSR count). The molecule has 0 saturated carbocycles. The van der Waals surface area contributed by atoms with Gasteiger partial charge in [-0.2, -0.15) is 0 Å². The Hall–Kier alpha value is -1.79. The van der Waals surface area contributed by atoms with E-state index in [2.05, 4.69) is 27.8 Å². The lowest BCUT2D eigenvalue weighted by atomic mass is 9.84. The predicted molar refractivity (Wildman–Crippen MR) is 96.6 cm³/mol. The number of rotatable bonds is 6. The van der Waals surface area contributed by atoms with E-state index in [1.807, 2.05) is 30.3 Å². The van der Waals surface area contributed by atoms with E-state index >= 15 is 0 Å². The summed E-state index contributed by atoms with van der Waals surface area (Å²) in [5.74, 6) is 1.20. The average Bonchev–Trinajstić information content (AvgIpc) is 3.10. The summed E-state index contributed by atoms with van der Waals surface area (Å²) in [6.45, 7) is 4.80. The van der Waals surface area contributed by atoms with E-state index in [0.717, 1.165) is 28.7 Å². The van der Waals surface area contributed by atoms with Crippen molar-refractivity contribution in [1.82, 2.24) is 20.8 Å². The second-order valence-electron chi connectivity index (χ2n) is 6.41. The van der Waals surface area contributed by atoms with Crippen molar-refractivity contribution in [3.8, 4) is 10.6 Å². The molecule has 1 atom stereocenters.